The lowest BCUT2D eigenvalue weighted by atomic mass is 10.1. The van der Waals surface area contributed by atoms with Crippen LogP contribution in [0, 0.1) is 11.3 Å². The molecular weight excluding hydrogens is 387 g/mol. The lowest BCUT2D eigenvalue weighted by Gasteiger charge is -2.08. The molecule has 2 aromatic carbocycles. The predicted molar refractivity (Wildman–Crippen MR) is 106 cm³/mol. The number of methoxy groups -OCH3 is 1. The van der Waals surface area contributed by atoms with Crippen LogP contribution in [0.4, 0.5) is 0 Å². The van der Waals surface area contributed by atoms with E-state index < -0.39 is 5.91 Å². The van der Waals surface area contributed by atoms with Crippen molar-refractivity contribution in [2.45, 2.75) is 6.61 Å². The Morgan fingerprint density at radius 2 is 1.96 bits per heavy atom. The summed E-state index contributed by atoms with van der Waals surface area (Å²) in [6.45, 7) is 1.03. The van der Waals surface area contributed by atoms with E-state index in [1.165, 1.54) is 13.2 Å². The first-order valence-corrected chi connectivity index (χ1v) is 8.85. The molecule has 0 saturated heterocycles. The fourth-order valence-electron chi connectivity index (χ4n) is 2.14. The third-order valence-corrected chi connectivity index (χ3v) is 4.14. The lowest BCUT2D eigenvalue weighted by Crippen LogP contribution is -2.27. The molecule has 0 heterocycles. The first kappa shape index (κ1) is 20.8. The minimum atomic E-state index is -0.438. The van der Waals surface area contributed by atoms with E-state index >= 15 is 0 Å². The zero-order valence-electron chi connectivity index (χ0n) is 14.7. The number of ether oxygens (including phenoxy) is 2. The largest absolute Gasteiger partial charge is 0.489 e. The van der Waals surface area contributed by atoms with E-state index in [1.807, 2.05) is 12.1 Å². The van der Waals surface area contributed by atoms with Crippen LogP contribution in [0.15, 0.2) is 48.0 Å². The van der Waals surface area contributed by atoms with Crippen molar-refractivity contribution in [3.8, 4) is 11.8 Å². The fourth-order valence-corrected chi connectivity index (χ4v) is 2.60. The van der Waals surface area contributed by atoms with Gasteiger partial charge in [-0.15, -0.1) is 0 Å². The number of amides is 1. The molecule has 0 spiro atoms. The van der Waals surface area contributed by atoms with Crippen LogP contribution in [0.1, 0.15) is 11.1 Å². The van der Waals surface area contributed by atoms with Gasteiger partial charge in [0.1, 0.15) is 24.0 Å². The second-order valence-electron chi connectivity index (χ2n) is 5.51. The van der Waals surface area contributed by atoms with E-state index in [2.05, 4.69) is 5.32 Å². The first-order valence-electron chi connectivity index (χ1n) is 8.09. The molecule has 5 nitrogen and oxygen atoms in total. The van der Waals surface area contributed by atoms with Crippen molar-refractivity contribution in [2.24, 2.45) is 0 Å². The van der Waals surface area contributed by atoms with Crippen LogP contribution in [-0.4, -0.2) is 26.2 Å². The molecule has 0 atom stereocenters. The summed E-state index contributed by atoms with van der Waals surface area (Å²) in [5.74, 6) is 0.202. The molecule has 0 radical (unpaired) electrons. The summed E-state index contributed by atoms with van der Waals surface area (Å²) in [7, 11) is 1.54. The quantitative estimate of drug-likeness (QED) is 0.405. The van der Waals surface area contributed by atoms with Gasteiger partial charge in [-0.25, -0.2) is 0 Å². The Hall–Kier alpha value is -2.52. The molecule has 27 heavy (non-hydrogen) atoms. The Labute approximate surface area is 168 Å². The normalized spacial score (nSPS) is 11.0. The van der Waals surface area contributed by atoms with Gasteiger partial charge >= 0.3 is 0 Å². The van der Waals surface area contributed by atoms with Gasteiger partial charge in [0.25, 0.3) is 5.91 Å². The highest BCUT2D eigenvalue weighted by atomic mass is 35.5. The standard InChI is InChI=1S/C20H18Cl2N2O3/c1-26-9-8-24-20(25)16(12-23)10-14-2-6-18(7-3-14)27-13-15-4-5-17(21)11-19(15)22/h2-7,10-11H,8-9,13H2,1H3,(H,24,25)/b16-10-. The number of carbonyl (C=O) groups is 1. The van der Waals surface area contributed by atoms with E-state index in [1.54, 1.807) is 36.4 Å². The van der Waals surface area contributed by atoms with E-state index in [-0.39, 0.29) is 5.57 Å². The number of hydrogen-bond donors (Lipinski definition) is 1. The molecule has 1 N–H and O–H groups in total. The fraction of sp³-hybridized carbons (Fsp3) is 0.200. The summed E-state index contributed by atoms with van der Waals surface area (Å²) in [6, 6.07) is 14.2. The molecule has 0 aliphatic rings. The van der Waals surface area contributed by atoms with Gasteiger partial charge in [0.05, 0.1) is 6.61 Å². The third kappa shape index (κ3) is 6.61. The highest BCUT2D eigenvalue weighted by molar-refractivity contribution is 6.35. The number of nitrogens with one attached hydrogen (secondary N) is 1. The molecule has 2 aromatic rings. The summed E-state index contributed by atoms with van der Waals surface area (Å²) in [4.78, 5) is 11.9. The zero-order chi connectivity index (χ0) is 19.6. The van der Waals surface area contributed by atoms with Crippen LogP contribution in [0.2, 0.25) is 10.0 Å². The van der Waals surface area contributed by atoms with Crippen molar-refractivity contribution in [3.63, 3.8) is 0 Å². The van der Waals surface area contributed by atoms with Crippen LogP contribution in [-0.2, 0) is 16.1 Å². The number of nitriles is 1. The van der Waals surface area contributed by atoms with Gasteiger partial charge in [-0.2, -0.15) is 5.26 Å². The topological polar surface area (TPSA) is 71.3 Å². The molecule has 0 unspecified atom stereocenters. The predicted octanol–water partition coefficient (Wildman–Crippen LogP) is 4.24. The second kappa shape index (κ2) is 10.6. The third-order valence-electron chi connectivity index (χ3n) is 3.56. The Kier molecular flexibility index (Phi) is 8.15. The van der Waals surface area contributed by atoms with Gasteiger partial charge in [-0.05, 0) is 35.9 Å². The summed E-state index contributed by atoms with van der Waals surface area (Å²) < 4.78 is 10.6. The van der Waals surface area contributed by atoms with Crippen molar-refractivity contribution >= 4 is 35.2 Å². The Bertz CT molecular complexity index is 859. The van der Waals surface area contributed by atoms with Crippen LogP contribution < -0.4 is 10.1 Å². The van der Waals surface area contributed by atoms with Crippen LogP contribution in [0.5, 0.6) is 5.75 Å². The van der Waals surface area contributed by atoms with Crippen LogP contribution in [0.3, 0.4) is 0 Å². The SMILES string of the molecule is COCCNC(=O)/C(C#N)=C\c1ccc(OCc2ccc(Cl)cc2Cl)cc1. The highest BCUT2D eigenvalue weighted by Gasteiger charge is 2.08. The number of rotatable bonds is 8. The average Bonchev–Trinajstić information content (AvgIpc) is 2.66. The van der Waals surface area contributed by atoms with Crippen LogP contribution in [0.25, 0.3) is 6.08 Å². The van der Waals surface area contributed by atoms with E-state index in [9.17, 15) is 4.79 Å². The summed E-state index contributed by atoms with van der Waals surface area (Å²) >= 11 is 12.0. The lowest BCUT2D eigenvalue weighted by molar-refractivity contribution is -0.117. The monoisotopic (exact) mass is 404 g/mol. The second-order valence-corrected chi connectivity index (χ2v) is 6.36. The molecule has 0 aliphatic carbocycles. The van der Waals surface area contributed by atoms with Crippen molar-refractivity contribution in [1.29, 1.82) is 5.26 Å². The molecular formula is C20H18Cl2N2O3. The number of carbonyl (C=O) groups excluding carboxylic acids is 1. The molecule has 140 valence electrons. The van der Waals surface area contributed by atoms with E-state index in [0.717, 1.165) is 5.56 Å². The molecule has 0 bridgehead atoms. The molecule has 7 heteroatoms. The number of nitrogens with zero attached hydrogens (tertiary/aromatic N) is 1. The average molecular weight is 405 g/mol. The maximum Gasteiger partial charge on any atom is 0.262 e. The smallest absolute Gasteiger partial charge is 0.262 e. The van der Waals surface area contributed by atoms with Crippen molar-refractivity contribution in [1.82, 2.24) is 5.32 Å². The molecule has 2 rings (SSSR count). The summed E-state index contributed by atoms with van der Waals surface area (Å²) in [5.41, 5.74) is 1.56. The van der Waals surface area contributed by atoms with Gasteiger partial charge in [-0.3, -0.25) is 4.79 Å². The Morgan fingerprint density at radius 3 is 2.59 bits per heavy atom. The van der Waals surface area contributed by atoms with Gasteiger partial charge in [0.2, 0.25) is 0 Å². The van der Waals surface area contributed by atoms with E-state index in [0.29, 0.717) is 41.1 Å². The number of halogens is 2. The number of hydrogen-bond acceptors (Lipinski definition) is 4. The highest BCUT2D eigenvalue weighted by Crippen LogP contribution is 2.23. The van der Waals surface area contributed by atoms with Crippen LogP contribution >= 0.6 is 23.2 Å². The van der Waals surface area contributed by atoms with E-state index in [4.69, 9.17) is 37.9 Å². The molecule has 1 amide bonds. The minimum absolute atomic E-state index is 0.0210. The molecule has 0 saturated carbocycles. The number of benzene rings is 2. The molecule has 0 fully saturated rings. The zero-order valence-corrected chi connectivity index (χ0v) is 16.2. The van der Waals surface area contributed by atoms with Gasteiger partial charge < -0.3 is 14.8 Å². The maximum absolute atomic E-state index is 11.9. The van der Waals surface area contributed by atoms with Gasteiger partial charge in [-0.1, -0.05) is 41.4 Å². The van der Waals surface area contributed by atoms with Gasteiger partial charge in [0, 0.05) is 29.3 Å². The Morgan fingerprint density at radius 1 is 1.22 bits per heavy atom. The maximum atomic E-state index is 11.9. The molecule has 0 aromatic heterocycles. The summed E-state index contributed by atoms with van der Waals surface area (Å²) in [6.07, 6.45) is 1.52. The molecule has 0 aliphatic heterocycles. The van der Waals surface area contributed by atoms with Gasteiger partial charge in [0.15, 0.2) is 0 Å². The minimum Gasteiger partial charge on any atom is -0.489 e. The first-order chi connectivity index (χ1) is 13.0. The summed E-state index contributed by atoms with van der Waals surface area (Å²) in [5, 5.41) is 12.9. The van der Waals surface area contributed by atoms with Crippen molar-refractivity contribution < 1.29 is 14.3 Å². The Balaban J connectivity index is 1.99. The van der Waals surface area contributed by atoms with Crippen molar-refractivity contribution in [2.75, 3.05) is 20.3 Å². The van der Waals surface area contributed by atoms with Crippen molar-refractivity contribution in [3.05, 3.63) is 69.2 Å².